The van der Waals surface area contributed by atoms with Crippen LogP contribution in [-0.4, -0.2) is 42.8 Å². The lowest BCUT2D eigenvalue weighted by atomic mass is 10.0. The average Bonchev–Trinajstić information content (AvgIpc) is 3.51. The summed E-state index contributed by atoms with van der Waals surface area (Å²) in [5, 5.41) is 5.32. The van der Waals surface area contributed by atoms with Crippen LogP contribution in [0, 0.1) is 11.6 Å². The van der Waals surface area contributed by atoms with Gasteiger partial charge in [0.2, 0.25) is 15.9 Å². The number of hydrogen-bond donors (Lipinski definition) is 2. The molecule has 6 nitrogen and oxygen atoms in total. The first-order chi connectivity index (χ1) is 20.3. The summed E-state index contributed by atoms with van der Waals surface area (Å²) in [5.41, 5.74) is 3.24. The molecule has 4 aromatic carbocycles. The highest BCUT2D eigenvalue weighted by molar-refractivity contribution is 8.02. The van der Waals surface area contributed by atoms with Crippen molar-refractivity contribution in [3.05, 3.63) is 126 Å². The molecule has 5 rings (SSSR count). The molecule has 42 heavy (non-hydrogen) atoms. The molecular weight excluding hydrogens is 577 g/mol. The lowest BCUT2D eigenvalue weighted by Gasteiger charge is -2.26. The van der Waals surface area contributed by atoms with Crippen molar-refractivity contribution in [3.8, 4) is 11.1 Å². The van der Waals surface area contributed by atoms with Crippen molar-refractivity contribution in [2.24, 2.45) is 0 Å². The highest BCUT2D eigenvalue weighted by atomic mass is 32.2. The lowest BCUT2D eigenvalue weighted by molar-refractivity contribution is -0.122. The zero-order chi connectivity index (χ0) is 29.5. The Morgan fingerprint density at radius 3 is 2.17 bits per heavy atom. The van der Waals surface area contributed by atoms with E-state index in [1.807, 2.05) is 60.7 Å². The molecule has 0 spiro atoms. The summed E-state index contributed by atoms with van der Waals surface area (Å²) >= 11 is 1.29. The van der Waals surface area contributed by atoms with Gasteiger partial charge in [-0.25, -0.2) is 17.2 Å². The Kier molecular flexibility index (Phi) is 9.69. The molecule has 1 aliphatic heterocycles. The van der Waals surface area contributed by atoms with Crippen LogP contribution in [0.25, 0.3) is 11.1 Å². The van der Waals surface area contributed by atoms with E-state index < -0.39 is 33.1 Å². The first-order valence-electron chi connectivity index (χ1n) is 13.6. The second-order valence-corrected chi connectivity index (χ2v) is 13.0. The number of carbonyl (C=O) groups is 1. The molecule has 1 amide bonds. The van der Waals surface area contributed by atoms with Gasteiger partial charge in [-0.15, -0.1) is 11.8 Å². The summed E-state index contributed by atoms with van der Waals surface area (Å²) in [7, 11) is -3.91. The third-order valence-corrected chi connectivity index (χ3v) is 10.2. The Morgan fingerprint density at radius 2 is 1.50 bits per heavy atom. The highest BCUT2D eigenvalue weighted by Crippen LogP contribution is 2.32. The number of benzene rings is 4. The fraction of sp³-hybridized carbons (Fsp3) is 0.219. The van der Waals surface area contributed by atoms with Gasteiger partial charge in [0.15, 0.2) is 0 Å². The Labute approximate surface area is 249 Å². The largest absolute Gasteiger partial charge is 0.347 e. The van der Waals surface area contributed by atoms with E-state index in [0.29, 0.717) is 24.3 Å². The first-order valence-corrected chi connectivity index (χ1v) is 16.1. The maximum atomic E-state index is 13.6. The Hall–Kier alpha value is -3.57. The minimum Gasteiger partial charge on any atom is -0.347 e. The van der Waals surface area contributed by atoms with E-state index in [1.54, 1.807) is 24.3 Å². The quantitative estimate of drug-likeness (QED) is 0.213. The molecule has 0 aromatic heterocycles. The average molecular weight is 608 g/mol. The van der Waals surface area contributed by atoms with E-state index in [4.69, 9.17) is 0 Å². The Balaban J connectivity index is 1.26. The lowest BCUT2D eigenvalue weighted by Crippen LogP contribution is -2.46. The number of carbonyl (C=O) groups excluding carboxylic acids is 1. The molecule has 0 radical (unpaired) electrons. The maximum Gasteiger partial charge on any atom is 0.249 e. The van der Waals surface area contributed by atoms with Gasteiger partial charge in [0.1, 0.15) is 17.0 Å². The summed E-state index contributed by atoms with van der Waals surface area (Å²) in [5.74, 6) is -1.16. The van der Waals surface area contributed by atoms with Gasteiger partial charge in [0.25, 0.3) is 0 Å². The van der Waals surface area contributed by atoms with Crippen molar-refractivity contribution in [2.75, 3.05) is 18.8 Å². The Morgan fingerprint density at radius 1 is 0.881 bits per heavy atom. The van der Waals surface area contributed by atoms with Crippen molar-refractivity contribution < 1.29 is 22.0 Å². The third-order valence-electron chi connectivity index (χ3n) is 7.02. The number of sulfonamides is 1. The van der Waals surface area contributed by atoms with Gasteiger partial charge >= 0.3 is 0 Å². The topological polar surface area (TPSA) is 78.5 Å². The van der Waals surface area contributed by atoms with Gasteiger partial charge < -0.3 is 10.6 Å². The summed E-state index contributed by atoms with van der Waals surface area (Å²) in [4.78, 5) is 13.7. The number of halogens is 2. The summed E-state index contributed by atoms with van der Waals surface area (Å²) in [6.45, 7) is 0.941. The van der Waals surface area contributed by atoms with Gasteiger partial charge in [0, 0.05) is 24.9 Å². The summed E-state index contributed by atoms with van der Waals surface area (Å²) in [6, 6.07) is 28.8. The number of thioether (sulfide) groups is 1. The van der Waals surface area contributed by atoms with Crippen LogP contribution >= 0.6 is 11.8 Å². The van der Waals surface area contributed by atoms with Crippen molar-refractivity contribution in [3.63, 3.8) is 0 Å². The predicted molar refractivity (Wildman–Crippen MR) is 162 cm³/mol. The molecule has 10 heteroatoms. The smallest absolute Gasteiger partial charge is 0.249 e. The van der Waals surface area contributed by atoms with Crippen LogP contribution in [0.2, 0.25) is 0 Å². The number of nitrogens with zero attached hydrogens (tertiary/aromatic N) is 1. The van der Waals surface area contributed by atoms with Crippen LogP contribution in [0.1, 0.15) is 23.6 Å². The predicted octanol–water partition coefficient (Wildman–Crippen LogP) is 5.73. The van der Waals surface area contributed by atoms with Crippen molar-refractivity contribution >= 4 is 27.7 Å². The fourth-order valence-electron chi connectivity index (χ4n) is 4.94. The van der Waals surface area contributed by atoms with E-state index in [1.165, 1.54) is 28.2 Å². The minimum atomic E-state index is -3.91. The second-order valence-electron chi connectivity index (χ2n) is 9.94. The monoisotopic (exact) mass is 607 g/mol. The molecule has 218 valence electrons. The standard InChI is InChI=1S/C32H31F2N3O3S2/c33-27-19-23(20-28(34)21-27)22-35-16-15-30(26-9-5-2-6-10-26)36-31(38)32-37(17-18-41-32)42(39,40)29-13-11-25(12-14-29)24-7-3-1-4-8-24/h1-14,19-21,30,32,35H,15-18,22H2,(H,36,38). The molecule has 2 N–H and O–H groups in total. The number of nitrogens with one attached hydrogen (secondary N) is 2. The van der Waals surface area contributed by atoms with Gasteiger partial charge in [-0.3, -0.25) is 4.79 Å². The molecule has 0 aliphatic carbocycles. The van der Waals surface area contributed by atoms with E-state index in [2.05, 4.69) is 10.6 Å². The number of rotatable bonds is 11. The zero-order valence-electron chi connectivity index (χ0n) is 22.7. The van der Waals surface area contributed by atoms with Gasteiger partial charge in [-0.2, -0.15) is 4.31 Å². The first kappa shape index (κ1) is 29.9. The van der Waals surface area contributed by atoms with Crippen LogP contribution in [0.5, 0.6) is 0 Å². The molecule has 1 saturated heterocycles. The molecule has 0 bridgehead atoms. The molecule has 0 saturated carbocycles. The Bertz CT molecular complexity index is 1590. The minimum absolute atomic E-state index is 0.139. The summed E-state index contributed by atoms with van der Waals surface area (Å²) in [6.07, 6.45) is 0.485. The summed E-state index contributed by atoms with van der Waals surface area (Å²) < 4.78 is 55.6. The van der Waals surface area contributed by atoms with E-state index in [-0.39, 0.29) is 23.9 Å². The zero-order valence-corrected chi connectivity index (χ0v) is 24.4. The van der Waals surface area contributed by atoms with Gasteiger partial charge in [0.05, 0.1) is 10.9 Å². The molecular formula is C32H31F2N3O3S2. The molecule has 1 fully saturated rings. The third kappa shape index (κ3) is 7.25. The van der Waals surface area contributed by atoms with Crippen molar-refractivity contribution in [2.45, 2.75) is 29.3 Å². The second kappa shape index (κ2) is 13.6. The maximum absolute atomic E-state index is 13.6. The van der Waals surface area contributed by atoms with E-state index in [9.17, 15) is 22.0 Å². The van der Waals surface area contributed by atoms with Crippen LogP contribution in [-0.2, 0) is 21.4 Å². The molecule has 2 unspecified atom stereocenters. The SMILES string of the molecule is O=C(NC(CCNCc1cc(F)cc(F)c1)c1ccccc1)C1SCCN1S(=O)(=O)c1ccc(-c2ccccc2)cc1. The van der Waals surface area contributed by atoms with Crippen LogP contribution in [0.15, 0.2) is 108 Å². The molecule has 1 heterocycles. The van der Waals surface area contributed by atoms with E-state index in [0.717, 1.165) is 22.8 Å². The normalized spacial score (nSPS) is 16.3. The molecule has 1 aliphatic rings. The number of amides is 1. The fourth-order valence-corrected chi connectivity index (χ4v) is 8.02. The number of hydrogen-bond acceptors (Lipinski definition) is 5. The molecule has 2 atom stereocenters. The van der Waals surface area contributed by atoms with Crippen LogP contribution < -0.4 is 10.6 Å². The van der Waals surface area contributed by atoms with E-state index >= 15 is 0 Å². The van der Waals surface area contributed by atoms with Gasteiger partial charge in [-0.1, -0.05) is 72.8 Å². The molecule has 4 aromatic rings. The van der Waals surface area contributed by atoms with Gasteiger partial charge in [-0.05, 0) is 59.5 Å². The van der Waals surface area contributed by atoms with Crippen LogP contribution in [0.4, 0.5) is 8.78 Å². The van der Waals surface area contributed by atoms with Crippen molar-refractivity contribution in [1.82, 2.24) is 14.9 Å². The highest BCUT2D eigenvalue weighted by Gasteiger charge is 2.40. The van der Waals surface area contributed by atoms with Crippen molar-refractivity contribution in [1.29, 1.82) is 0 Å². The van der Waals surface area contributed by atoms with Crippen LogP contribution in [0.3, 0.4) is 0 Å².